The fraction of sp³-hybridized carbons (Fsp3) is 0.250. The number of aromatic nitrogens is 3. The molecule has 6 heteroatoms. The number of amides is 1. The van der Waals surface area contributed by atoms with Crippen LogP contribution in [0.1, 0.15) is 27.4 Å². The molecule has 0 unspecified atom stereocenters. The first-order chi connectivity index (χ1) is 10.6. The van der Waals surface area contributed by atoms with Gasteiger partial charge in [0.25, 0.3) is 5.91 Å². The van der Waals surface area contributed by atoms with Crippen LogP contribution in [0.5, 0.6) is 0 Å². The van der Waals surface area contributed by atoms with Gasteiger partial charge in [0.1, 0.15) is 0 Å². The van der Waals surface area contributed by atoms with E-state index < -0.39 is 0 Å². The van der Waals surface area contributed by atoms with Crippen molar-refractivity contribution in [2.24, 2.45) is 0 Å². The average Bonchev–Trinajstić information content (AvgIpc) is 3.01. The highest BCUT2D eigenvalue weighted by atomic mass is 32.1. The van der Waals surface area contributed by atoms with Crippen molar-refractivity contribution in [3.8, 4) is 0 Å². The van der Waals surface area contributed by atoms with Crippen LogP contribution in [0, 0.1) is 13.8 Å². The molecular weight excluding hydrogens is 296 g/mol. The van der Waals surface area contributed by atoms with E-state index in [1.54, 1.807) is 29.0 Å². The molecule has 0 aliphatic heterocycles. The third-order valence-corrected chi connectivity index (χ3v) is 4.12. The third-order valence-electron chi connectivity index (χ3n) is 3.49. The Morgan fingerprint density at radius 3 is 2.68 bits per heavy atom. The molecule has 0 aliphatic carbocycles. The van der Waals surface area contributed by atoms with Crippen LogP contribution in [0.15, 0.2) is 29.1 Å². The maximum atomic E-state index is 12.2. The lowest BCUT2D eigenvalue weighted by molar-refractivity contribution is 0.0954. The number of nitrogens with zero attached hydrogens (tertiary/aromatic N) is 3. The standard InChI is InChI=1S/C16H16N4OS/c1-10-11(2)20-15-7-12(3-4-14(15)19-10)16(21)17-6-5-13-8-22-9-18-13/h3-4,7-9H,5-6H2,1-2H3,(H,17,21). The Bertz CT molecular complexity index is 814. The van der Waals surface area contributed by atoms with Gasteiger partial charge in [0.2, 0.25) is 0 Å². The molecule has 0 fully saturated rings. The van der Waals surface area contributed by atoms with Crippen LogP contribution in [0.25, 0.3) is 11.0 Å². The van der Waals surface area contributed by atoms with Crippen molar-refractivity contribution < 1.29 is 4.79 Å². The Hall–Kier alpha value is -2.34. The molecule has 0 saturated carbocycles. The minimum atomic E-state index is -0.0999. The van der Waals surface area contributed by atoms with Crippen molar-refractivity contribution in [3.63, 3.8) is 0 Å². The minimum Gasteiger partial charge on any atom is -0.352 e. The van der Waals surface area contributed by atoms with Crippen LogP contribution in [-0.2, 0) is 6.42 Å². The lowest BCUT2D eigenvalue weighted by Gasteiger charge is -2.06. The minimum absolute atomic E-state index is 0.0999. The van der Waals surface area contributed by atoms with Gasteiger partial charge in [-0.1, -0.05) is 0 Å². The second kappa shape index (κ2) is 6.19. The summed E-state index contributed by atoms with van der Waals surface area (Å²) < 4.78 is 0. The highest BCUT2D eigenvalue weighted by Crippen LogP contribution is 2.14. The summed E-state index contributed by atoms with van der Waals surface area (Å²) in [5, 5.41) is 4.89. The van der Waals surface area contributed by atoms with Crippen molar-refractivity contribution >= 4 is 28.3 Å². The summed E-state index contributed by atoms with van der Waals surface area (Å²) in [4.78, 5) is 25.3. The summed E-state index contributed by atoms with van der Waals surface area (Å²) in [7, 11) is 0. The molecule has 22 heavy (non-hydrogen) atoms. The molecular formula is C16H16N4OS. The van der Waals surface area contributed by atoms with Gasteiger partial charge in [-0.3, -0.25) is 4.79 Å². The highest BCUT2D eigenvalue weighted by Gasteiger charge is 2.08. The molecule has 2 aromatic heterocycles. The van der Waals surface area contributed by atoms with E-state index in [1.165, 1.54) is 0 Å². The van der Waals surface area contributed by atoms with Crippen molar-refractivity contribution in [2.75, 3.05) is 6.54 Å². The van der Waals surface area contributed by atoms with Gasteiger partial charge in [0.15, 0.2) is 0 Å². The summed E-state index contributed by atoms with van der Waals surface area (Å²) >= 11 is 1.56. The monoisotopic (exact) mass is 312 g/mol. The fourth-order valence-corrected chi connectivity index (χ4v) is 2.73. The Morgan fingerprint density at radius 1 is 1.18 bits per heavy atom. The van der Waals surface area contributed by atoms with Gasteiger partial charge in [-0.05, 0) is 32.0 Å². The third kappa shape index (κ3) is 3.12. The zero-order chi connectivity index (χ0) is 15.5. The second-order valence-electron chi connectivity index (χ2n) is 5.08. The number of benzene rings is 1. The molecule has 0 radical (unpaired) electrons. The molecule has 0 atom stereocenters. The van der Waals surface area contributed by atoms with Crippen molar-refractivity contribution in [2.45, 2.75) is 20.3 Å². The first kappa shape index (κ1) is 14.6. The van der Waals surface area contributed by atoms with Crippen LogP contribution in [0.2, 0.25) is 0 Å². The number of hydrogen-bond acceptors (Lipinski definition) is 5. The average molecular weight is 312 g/mol. The Balaban J connectivity index is 1.72. The van der Waals surface area contributed by atoms with Gasteiger partial charge in [0.05, 0.1) is 33.6 Å². The van der Waals surface area contributed by atoms with Crippen molar-refractivity contribution in [1.29, 1.82) is 0 Å². The molecule has 2 heterocycles. The number of carbonyl (C=O) groups excluding carboxylic acids is 1. The molecule has 0 aliphatic rings. The molecule has 0 spiro atoms. The maximum absolute atomic E-state index is 12.2. The fourth-order valence-electron chi connectivity index (χ4n) is 2.14. The predicted octanol–water partition coefficient (Wildman–Crippen LogP) is 2.68. The first-order valence-electron chi connectivity index (χ1n) is 7.04. The van der Waals surface area contributed by atoms with E-state index in [-0.39, 0.29) is 5.91 Å². The summed E-state index contributed by atoms with van der Waals surface area (Å²) in [5.41, 5.74) is 6.74. The van der Waals surface area contributed by atoms with E-state index in [9.17, 15) is 4.79 Å². The zero-order valence-corrected chi connectivity index (χ0v) is 13.3. The van der Waals surface area contributed by atoms with Crippen molar-refractivity contribution in [3.05, 3.63) is 51.7 Å². The summed E-state index contributed by atoms with van der Waals surface area (Å²) in [6.07, 6.45) is 0.737. The van der Waals surface area contributed by atoms with Gasteiger partial charge in [-0.2, -0.15) is 0 Å². The number of aryl methyl sites for hydroxylation is 2. The van der Waals surface area contributed by atoms with E-state index in [0.717, 1.165) is 34.5 Å². The first-order valence-corrected chi connectivity index (χ1v) is 7.98. The van der Waals surface area contributed by atoms with Gasteiger partial charge in [-0.15, -0.1) is 11.3 Å². The van der Waals surface area contributed by atoms with Gasteiger partial charge in [0, 0.05) is 23.9 Å². The number of carbonyl (C=O) groups is 1. The van der Waals surface area contributed by atoms with E-state index in [4.69, 9.17) is 0 Å². The van der Waals surface area contributed by atoms with Crippen LogP contribution in [0.4, 0.5) is 0 Å². The number of rotatable bonds is 4. The van der Waals surface area contributed by atoms with E-state index in [1.807, 2.05) is 25.3 Å². The topological polar surface area (TPSA) is 67.8 Å². The van der Waals surface area contributed by atoms with Gasteiger partial charge in [-0.25, -0.2) is 15.0 Å². The summed E-state index contributed by atoms with van der Waals surface area (Å²) in [5.74, 6) is -0.0999. The Kier molecular flexibility index (Phi) is 4.11. The smallest absolute Gasteiger partial charge is 0.251 e. The molecule has 1 amide bonds. The van der Waals surface area contributed by atoms with Gasteiger partial charge >= 0.3 is 0 Å². The van der Waals surface area contributed by atoms with Crippen molar-refractivity contribution in [1.82, 2.24) is 20.3 Å². The number of nitrogens with one attached hydrogen (secondary N) is 1. The SMILES string of the molecule is Cc1nc2ccc(C(=O)NCCc3cscn3)cc2nc1C. The maximum Gasteiger partial charge on any atom is 0.251 e. The summed E-state index contributed by atoms with van der Waals surface area (Å²) in [6.45, 7) is 4.42. The van der Waals surface area contributed by atoms with E-state index >= 15 is 0 Å². The van der Waals surface area contributed by atoms with E-state index in [0.29, 0.717) is 12.1 Å². The largest absolute Gasteiger partial charge is 0.352 e. The zero-order valence-electron chi connectivity index (χ0n) is 12.5. The van der Waals surface area contributed by atoms with Crippen LogP contribution in [0.3, 0.4) is 0 Å². The highest BCUT2D eigenvalue weighted by molar-refractivity contribution is 7.07. The quantitative estimate of drug-likeness (QED) is 0.804. The normalized spacial score (nSPS) is 10.8. The Morgan fingerprint density at radius 2 is 1.95 bits per heavy atom. The van der Waals surface area contributed by atoms with E-state index in [2.05, 4.69) is 20.3 Å². The molecule has 5 nitrogen and oxygen atoms in total. The molecule has 112 valence electrons. The molecule has 3 rings (SSSR count). The van der Waals surface area contributed by atoms with Crippen LogP contribution in [-0.4, -0.2) is 27.4 Å². The van der Waals surface area contributed by atoms with Crippen LogP contribution < -0.4 is 5.32 Å². The summed E-state index contributed by atoms with van der Waals surface area (Å²) in [6, 6.07) is 5.40. The number of hydrogen-bond donors (Lipinski definition) is 1. The predicted molar refractivity (Wildman–Crippen MR) is 87.2 cm³/mol. The number of thiazole rings is 1. The lowest BCUT2D eigenvalue weighted by Crippen LogP contribution is -2.25. The molecule has 1 N–H and O–H groups in total. The lowest BCUT2D eigenvalue weighted by atomic mass is 10.1. The number of fused-ring (bicyclic) bond motifs is 1. The molecule has 0 saturated heterocycles. The van der Waals surface area contributed by atoms with Crippen LogP contribution >= 0.6 is 11.3 Å². The Labute approximate surface area is 132 Å². The molecule has 3 aromatic rings. The molecule has 0 bridgehead atoms. The molecule has 1 aromatic carbocycles. The second-order valence-corrected chi connectivity index (χ2v) is 5.80. The van der Waals surface area contributed by atoms with Gasteiger partial charge < -0.3 is 5.32 Å².